The Balaban J connectivity index is 2.25. The highest BCUT2D eigenvalue weighted by molar-refractivity contribution is 7.15. The molecule has 10 heteroatoms. The Kier molecular flexibility index (Phi) is 3.78. The van der Waals surface area contributed by atoms with Gasteiger partial charge in [0.05, 0.1) is 12.7 Å². The molecule has 3 heterocycles. The molecule has 0 fully saturated rings. The van der Waals surface area contributed by atoms with Crippen molar-refractivity contribution in [2.75, 3.05) is 12.8 Å². The van der Waals surface area contributed by atoms with Crippen molar-refractivity contribution in [3.63, 3.8) is 0 Å². The largest absolute Gasteiger partial charge is 0.496 e. The molecule has 0 radical (unpaired) electrons. The van der Waals surface area contributed by atoms with E-state index in [9.17, 15) is 13.2 Å². The Morgan fingerprint density at radius 1 is 1.29 bits per heavy atom. The van der Waals surface area contributed by atoms with Gasteiger partial charge in [-0.05, 0) is 13.0 Å². The predicted octanol–water partition coefficient (Wildman–Crippen LogP) is 3.25. The zero-order valence-corrected chi connectivity index (χ0v) is 13.9. The van der Waals surface area contributed by atoms with Crippen molar-refractivity contribution in [1.82, 2.24) is 19.6 Å². The number of anilines is 1. The van der Waals surface area contributed by atoms with Crippen LogP contribution in [0.5, 0.6) is 5.75 Å². The van der Waals surface area contributed by atoms with Gasteiger partial charge in [-0.2, -0.15) is 28.1 Å². The molecule has 0 aliphatic rings. The summed E-state index contributed by atoms with van der Waals surface area (Å²) in [7, 11) is 3.12. The second-order valence-corrected chi connectivity index (χ2v) is 6.36. The third-order valence-electron chi connectivity index (χ3n) is 3.44. The van der Waals surface area contributed by atoms with Gasteiger partial charge in [0.25, 0.3) is 0 Å². The lowest BCUT2D eigenvalue weighted by Crippen LogP contribution is -2.08. The summed E-state index contributed by atoms with van der Waals surface area (Å²) < 4.78 is 48.0. The lowest BCUT2D eigenvalue weighted by molar-refractivity contribution is -0.140. The Bertz CT molecular complexity index is 893. The highest BCUT2D eigenvalue weighted by Gasteiger charge is 2.40. The van der Waals surface area contributed by atoms with Gasteiger partial charge < -0.3 is 10.5 Å². The van der Waals surface area contributed by atoms with Gasteiger partial charge in [-0.15, -0.1) is 11.3 Å². The number of hydrogen-bond donors (Lipinski definition) is 1. The van der Waals surface area contributed by atoms with E-state index in [0.29, 0.717) is 10.6 Å². The number of halogens is 3. The van der Waals surface area contributed by atoms with Crippen LogP contribution in [0.15, 0.2) is 18.3 Å². The van der Waals surface area contributed by atoms with E-state index in [1.165, 1.54) is 35.3 Å². The molecule has 24 heavy (non-hydrogen) atoms. The highest BCUT2D eigenvalue weighted by atomic mass is 32.1. The quantitative estimate of drug-likeness (QED) is 0.781. The molecular formula is C14H14F3N5OS. The fraction of sp³-hybridized carbons (Fsp3) is 0.286. The average Bonchev–Trinajstić information content (AvgIpc) is 3.15. The molecular weight excluding hydrogens is 343 g/mol. The van der Waals surface area contributed by atoms with Gasteiger partial charge in [0.15, 0.2) is 11.5 Å². The number of aryl methyl sites for hydroxylation is 2. The standard InChI is InChI=1S/C14H14F3N5OS/c1-7-8(23-3)6-9(24-7)11-12(14(15,16)17)20-22(13(11)18)10-4-5-21(2)19-10/h4-6H,18H2,1-3H3. The first kappa shape index (κ1) is 16.4. The second kappa shape index (κ2) is 5.55. The maximum atomic E-state index is 13.5. The summed E-state index contributed by atoms with van der Waals surface area (Å²) in [5, 5.41) is 7.72. The van der Waals surface area contributed by atoms with E-state index in [-0.39, 0.29) is 17.2 Å². The first-order valence-electron chi connectivity index (χ1n) is 6.83. The molecule has 0 unspecified atom stereocenters. The molecule has 0 atom stereocenters. The van der Waals surface area contributed by atoms with Gasteiger partial charge in [0.1, 0.15) is 11.6 Å². The van der Waals surface area contributed by atoms with Crippen molar-refractivity contribution in [3.8, 4) is 22.0 Å². The summed E-state index contributed by atoms with van der Waals surface area (Å²) in [4.78, 5) is 1.10. The Hall–Kier alpha value is -2.49. The van der Waals surface area contributed by atoms with E-state index in [1.54, 1.807) is 20.2 Å². The van der Waals surface area contributed by atoms with Crippen LogP contribution in [-0.2, 0) is 13.2 Å². The minimum Gasteiger partial charge on any atom is -0.496 e. The molecule has 0 amide bonds. The molecule has 128 valence electrons. The molecule has 0 bridgehead atoms. The number of hydrogen-bond acceptors (Lipinski definition) is 5. The third-order valence-corrected chi connectivity index (χ3v) is 4.49. The fourth-order valence-electron chi connectivity index (χ4n) is 2.35. The van der Waals surface area contributed by atoms with E-state index in [4.69, 9.17) is 10.5 Å². The predicted molar refractivity (Wildman–Crippen MR) is 84.3 cm³/mol. The van der Waals surface area contributed by atoms with Crippen LogP contribution in [0.4, 0.5) is 19.0 Å². The molecule has 0 saturated carbocycles. The van der Waals surface area contributed by atoms with Gasteiger partial charge >= 0.3 is 6.18 Å². The van der Waals surface area contributed by atoms with Crippen LogP contribution in [0.25, 0.3) is 16.3 Å². The summed E-state index contributed by atoms with van der Waals surface area (Å²) in [6.45, 7) is 1.76. The van der Waals surface area contributed by atoms with Crippen LogP contribution in [0.2, 0.25) is 0 Å². The molecule has 3 rings (SSSR count). The van der Waals surface area contributed by atoms with E-state index in [2.05, 4.69) is 10.2 Å². The van der Waals surface area contributed by atoms with Crippen molar-refractivity contribution < 1.29 is 17.9 Å². The van der Waals surface area contributed by atoms with E-state index < -0.39 is 11.9 Å². The van der Waals surface area contributed by atoms with Crippen molar-refractivity contribution in [1.29, 1.82) is 0 Å². The SMILES string of the molecule is COc1cc(-c2c(C(F)(F)F)nn(-c3ccn(C)n3)c2N)sc1C. The molecule has 6 nitrogen and oxygen atoms in total. The van der Waals surface area contributed by atoms with Crippen LogP contribution in [0.1, 0.15) is 10.6 Å². The molecule has 0 aliphatic carbocycles. The summed E-state index contributed by atoms with van der Waals surface area (Å²) in [6.07, 6.45) is -3.05. The van der Waals surface area contributed by atoms with E-state index >= 15 is 0 Å². The van der Waals surface area contributed by atoms with Crippen LogP contribution in [-0.4, -0.2) is 26.7 Å². The Labute approximate surface area is 139 Å². The maximum absolute atomic E-state index is 13.5. The lowest BCUT2D eigenvalue weighted by Gasteiger charge is -2.04. The minimum absolute atomic E-state index is 0.120. The van der Waals surface area contributed by atoms with Crippen LogP contribution < -0.4 is 10.5 Å². The Morgan fingerprint density at radius 3 is 2.50 bits per heavy atom. The van der Waals surface area contributed by atoms with Gasteiger partial charge in [-0.25, -0.2) is 0 Å². The third kappa shape index (κ3) is 2.62. The van der Waals surface area contributed by atoms with Crippen molar-refractivity contribution in [2.45, 2.75) is 13.1 Å². The molecule has 0 aromatic carbocycles. The highest BCUT2D eigenvalue weighted by Crippen LogP contribution is 2.45. The topological polar surface area (TPSA) is 70.9 Å². The molecule has 3 aromatic heterocycles. The monoisotopic (exact) mass is 357 g/mol. The Morgan fingerprint density at radius 2 is 2.00 bits per heavy atom. The van der Waals surface area contributed by atoms with Crippen LogP contribution >= 0.6 is 11.3 Å². The summed E-state index contributed by atoms with van der Waals surface area (Å²) in [5.41, 5.74) is 4.78. The number of aromatic nitrogens is 4. The number of thiophene rings is 1. The number of nitrogens with two attached hydrogens (primary N) is 1. The van der Waals surface area contributed by atoms with E-state index in [1.807, 2.05) is 0 Å². The van der Waals surface area contributed by atoms with Gasteiger partial charge in [0.2, 0.25) is 0 Å². The minimum atomic E-state index is -4.64. The normalized spacial score (nSPS) is 11.9. The zero-order chi connectivity index (χ0) is 17.6. The first-order chi connectivity index (χ1) is 11.2. The number of nitrogen functional groups attached to an aromatic ring is 1. The van der Waals surface area contributed by atoms with Crippen LogP contribution in [0, 0.1) is 6.92 Å². The molecule has 2 N–H and O–H groups in total. The molecule has 0 saturated heterocycles. The second-order valence-electron chi connectivity index (χ2n) is 5.10. The first-order valence-corrected chi connectivity index (χ1v) is 7.64. The molecule has 0 aliphatic heterocycles. The van der Waals surface area contributed by atoms with E-state index in [0.717, 1.165) is 9.56 Å². The number of rotatable bonds is 3. The van der Waals surface area contributed by atoms with Gasteiger partial charge in [-0.3, -0.25) is 4.68 Å². The summed E-state index contributed by atoms with van der Waals surface area (Å²) >= 11 is 1.17. The van der Waals surface area contributed by atoms with Gasteiger partial charge in [0, 0.05) is 29.1 Å². The summed E-state index contributed by atoms with van der Waals surface area (Å²) in [6, 6.07) is 3.07. The zero-order valence-electron chi connectivity index (χ0n) is 13.0. The molecule has 3 aromatic rings. The smallest absolute Gasteiger partial charge is 0.435 e. The number of methoxy groups -OCH3 is 1. The number of ether oxygens (including phenoxy) is 1. The number of alkyl halides is 3. The average molecular weight is 357 g/mol. The lowest BCUT2D eigenvalue weighted by atomic mass is 10.2. The van der Waals surface area contributed by atoms with Crippen molar-refractivity contribution in [3.05, 3.63) is 28.9 Å². The summed E-state index contributed by atoms with van der Waals surface area (Å²) in [5.74, 6) is 0.602. The fourth-order valence-corrected chi connectivity index (χ4v) is 3.40. The molecule has 0 spiro atoms. The number of nitrogens with zero attached hydrogens (tertiary/aromatic N) is 4. The van der Waals surface area contributed by atoms with Gasteiger partial charge in [-0.1, -0.05) is 0 Å². The van der Waals surface area contributed by atoms with Crippen molar-refractivity contribution in [2.24, 2.45) is 7.05 Å². The van der Waals surface area contributed by atoms with Crippen molar-refractivity contribution >= 4 is 17.2 Å². The van der Waals surface area contributed by atoms with Crippen LogP contribution in [0.3, 0.4) is 0 Å². The maximum Gasteiger partial charge on any atom is 0.435 e.